The van der Waals surface area contributed by atoms with Crippen molar-refractivity contribution >= 4 is 51.9 Å². The molecule has 2 aromatic carbocycles. The Bertz CT molecular complexity index is 1120. The molecule has 1 amide bonds. The Morgan fingerprint density at radius 2 is 1.76 bits per heavy atom. The number of carbonyl (C=O) groups excluding carboxylic acids is 1. The Morgan fingerprint density at radius 1 is 1.07 bits per heavy atom. The third-order valence-electron chi connectivity index (χ3n) is 4.90. The molecule has 29 heavy (non-hydrogen) atoms. The summed E-state index contributed by atoms with van der Waals surface area (Å²) in [6.45, 7) is 4.60. The number of nitrogens with zero attached hydrogens (tertiary/aromatic N) is 2. The number of thiocarbonyl (C=S) groups is 1. The first-order valence-electron chi connectivity index (χ1n) is 9.18. The van der Waals surface area contributed by atoms with E-state index in [0.29, 0.717) is 20.8 Å². The maximum atomic E-state index is 13.0. The molecule has 146 valence electrons. The van der Waals surface area contributed by atoms with Crippen molar-refractivity contribution in [2.45, 2.75) is 20.4 Å². The average Bonchev–Trinajstić information content (AvgIpc) is 3.13. The molecule has 0 saturated carbocycles. The van der Waals surface area contributed by atoms with Crippen LogP contribution >= 0.6 is 35.6 Å². The third-order valence-corrected chi connectivity index (χ3v) is 6.53. The Hall–Kier alpha value is -2.34. The summed E-state index contributed by atoms with van der Waals surface area (Å²) in [6.07, 6.45) is 1.94. The number of rotatable bonds is 4. The van der Waals surface area contributed by atoms with Gasteiger partial charge in [-0.2, -0.15) is 0 Å². The predicted molar refractivity (Wildman–Crippen MR) is 125 cm³/mol. The van der Waals surface area contributed by atoms with Gasteiger partial charge in [-0.05, 0) is 61.4 Å². The summed E-state index contributed by atoms with van der Waals surface area (Å²) in [5.41, 5.74) is 5.28. The van der Waals surface area contributed by atoms with Gasteiger partial charge in [-0.15, -0.1) is 0 Å². The van der Waals surface area contributed by atoms with Crippen molar-refractivity contribution in [3.63, 3.8) is 0 Å². The first-order chi connectivity index (χ1) is 13.9. The zero-order valence-electron chi connectivity index (χ0n) is 16.1. The molecular weight excluding hydrogens is 420 g/mol. The summed E-state index contributed by atoms with van der Waals surface area (Å²) in [5, 5.41) is 0.707. The Kier molecular flexibility index (Phi) is 5.63. The summed E-state index contributed by atoms with van der Waals surface area (Å²) in [6, 6.07) is 19.7. The molecule has 0 N–H and O–H groups in total. The van der Waals surface area contributed by atoms with Crippen LogP contribution in [0.25, 0.3) is 11.8 Å². The van der Waals surface area contributed by atoms with Crippen LogP contribution in [-0.2, 0) is 11.3 Å². The van der Waals surface area contributed by atoms with Crippen LogP contribution in [0.5, 0.6) is 0 Å². The number of thioether (sulfide) groups is 1. The van der Waals surface area contributed by atoms with Crippen molar-refractivity contribution < 1.29 is 4.79 Å². The largest absolute Gasteiger partial charge is 0.318 e. The van der Waals surface area contributed by atoms with E-state index in [-0.39, 0.29) is 5.91 Å². The van der Waals surface area contributed by atoms with Crippen LogP contribution in [0, 0.1) is 13.8 Å². The SMILES string of the molecule is Cc1cc(/C=C2/SC(=S)N(Cc3ccccc3)C2=O)c(C)n1-c1ccc(Cl)cc1. The minimum Gasteiger partial charge on any atom is -0.318 e. The van der Waals surface area contributed by atoms with E-state index in [1.807, 2.05) is 60.7 Å². The molecule has 3 aromatic rings. The summed E-state index contributed by atoms with van der Waals surface area (Å²) < 4.78 is 2.75. The molecule has 1 saturated heterocycles. The van der Waals surface area contributed by atoms with Crippen LogP contribution in [0.2, 0.25) is 5.02 Å². The first-order valence-corrected chi connectivity index (χ1v) is 10.8. The van der Waals surface area contributed by atoms with E-state index in [9.17, 15) is 4.79 Å². The van der Waals surface area contributed by atoms with Gasteiger partial charge in [0.1, 0.15) is 4.32 Å². The lowest BCUT2D eigenvalue weighted by molar-refractivity contribution is -0.122. The number of halogens is 1. The molecule has 0 unspecified atom stereocenters. The Balaban J connectivity index is 1.63. The molecule has 0 atom stereocenters. The minimum atomic E-state index is -0.0415. The van der Waals surface area contributed by atoms with E-state index < -0.39 is 0 Å². The van der Waals surface area contributed by atoms with Crippen molar-refractivity contribution in [2.24, 2.45) is 0 Å². The van der Waals surface area contributed by atoms with Crippen molar-refractivity contribution in [3.05, 3.63) is 93.1 Å². The quantitative estimate of drug-likeness (QED) is 0.361. The molecule has 4 rings (SSSR count). The van der Waals surface area contributed by atoms with Gasteiger partial charge in [0.05, 0.1) is 11.4 Å². The maximum Gasteiger partial charge on any atom is 0.266 e. The van der Waals surface area contributed by atoms with E-state index in [4.69, 9.17) is 23.8 Å². The van der Waals surface area contributed by atoms with Gasteiger partial charge in [-0.3, -0.25) is 9.69 Å². The van der Waals surface area contributed by atoms with Crippen LogP contribution in [0.3, 0.4) is 0 Å². The second-order valence-corrected chi connectivity index (χ2v) is 9.00. The van der Waals surface area contributed by atoms with Gasteiger partial charge in [0.25, 0.3) is 5.91 Å². The van der Waals surface area contributed by atoms with E-state index >= 15 is 0 Å². The van der Waals surface area contributed by atoms with E-state index in [2.05, 4.69) is 24.5 Å². The summed E-state index contributed by atoms with van der Waals surface area (Å²) >= 11 is 12.9. The zero-order chi connectivity index (χ0) is 20.5. The number of carbonyl (C=O) groups is 1. The molecule has 1 fully saturated rings. The molecule has 0 bridgehead atoms. The second kappa shape index (κ2) is 8.19. The zero-order valence-corrected chi connectivity index (χ0v) is 18.4. The van der Waals surface area contributed by atoms with Crippen LogP contribution in [0.1, 0.15) is 22.5 Å². The summed E-state index contributed by atoms with van der Waals surface area (Å²) in [5.74, 6) is -0.0415. The highest BCUT2D eigenvalue weighted by molar-refractivity contribution is 8.26. The van der Waals surface area contributed by atoms with Crippen LogP contribution in [-0.4, -0.2) is 19.7 Å². The molecule has 0 spiro atoms. The Morgan fingerprint density at radius 3 is 2.45 bits per heavy atom. The first kappa shape index (κ1) is 20.0. The number of benzene rings is 2. The highest BCUT2D eigenvalue weighted by Gasteiger charge is 2.32. The molecule has 3 nitrogen and oxygen atoms in total. The van der Waals surface area contributed by atoms with Gasteiger partial charge in [-0.1, -0.05) is 65.9 Å². The smallest absolute Gasteiger partial charge is 0.266 e. The van der Waals surface area contributed by atoms with Crippen molar-refractivity contribution in [1.82, 2.24) is 9.47 Å². The lowest BCUT2D eigenvalue weighted by atomic mass is 10.2. The topological polar surface area (TPSA) is 25.2 Å². The fraction of sp³-hybridized carbons (Fsp3) is 0.130. The highest BCUT2D eigenvalue weighted by atomic mass is 35.5. The molecule has 0 aliphatic carbocycles. The van der Waals surface area contributed by atoms with Gasteiger partial charge >= 0.3 is 0 Å². The van der Waals surface area contributed by atoms with Gasteiger partial charge in [0.2, 0.25) is 0 Å². The Labute approximate surface area is 185 Å². The van der Waals surface area contributed by atoms with Gasteiger partial charge in [0, 0.05) is 22.1 Å². The van der Waals surface area contributed by atoms with E-state index in [1.165, 1.54) is 11.8 Å². The number of aryl methyl sites for hydroxylation is 1. The maximum absolute atomic E-state index is 13.0. The average molecular weight is 439 g/mol. The monoisotopic (exact) mass is 438 g/mol. The standard InChI is InChI=1S/C23H19ClN2OS2/c1-15-12-18(16(2)26(15)20-10-8-19(24)9-11-20)13-21-22(27)25(23(28)29-21)14-17-6-4-3-5-7-17/h3-13H,14H2,1-2H3/b21-13+. The van der Waals surface area contributed by atoms with E-state index in [0.717, 1.165) is 28.2 Å². The number of aromatic nitrogens is 1. The summed E-state index contributed by atoms with van der Waals surface area (Å²) in [4.78, 5) is 15.3. The predicted octanol–water partition coefficient (Wildman–Crippen LogP) is 6.15. The van der Waals surface area contributed by atoms with Crippen LogP contribution < -0.4 is 0 Å². The summed E-state index contributed by atoms with van der Waals surface area (Å²) in [7, 11) is 0. The number of hydrogen-bond donors (Lipinski definition) is 0. The van der Waals surface area contributed by atoms with Crippen LogP contribution in [0.15, 0.2) is 65.6 Å². The highest BCUT2D eigenvalue weighted by Crippen LogP contribution is 2.35. The van der Waals surface area contributed by atoms with Crippen molar-refractivity contribution in [1.29, 1.82) is 0 Å². The lowest BCUT2D eigenvalue weighted by Gasteiger charge is -2.14. The molecule has 0 radical (unpaired) electrons. The third kappa shape index (κ3) is 4.04. The number of hydrogen-bond acceptors (Lipinski definition) is 3. The fourth-order valence-electron chi connectivity index (χ4n) is 3.46. The van der Waals surface area contributed by atoms with Gasteiger partial charge < -0.3 is 4.57 Å². The molecular formula is C23H19ClN2OS2. The number of amides is 1. The molecule has 2 heterocycles. The molecule has 6 heteroatoms. The lowest BCUT2D eigenvalue weighted by Crippen LogP contribution is -2.27. The second-order valence-electron chi connectivity index (χ2n) is 6.89. The van der Waals surface area contributed by atoms with E-state index in [1.54, 1.807) is 4.90 Å². The normalized spacial score (nSPS) is 15.6. The molecule has 1 aliphatic heterocycles. The van der Waals surface area contributed by atoms with Gasteiger partial charge in [0.15, 0.2) is 0 Å². The minimum absolute atomic E-state index is 0.0415. The van der Waals surface area contributed by atoms with Gasteiger partial charge in [-0.25, -0.2) is 0 Å². The molecule has 1 aliphatic rings. The van der Waals surface area contributed by atoms with Crippen molar-refractivity contribution in [2.75, 3.05) is 0 Å². The van der Waals surface area contributed by atoms with Crippen LogP contribution in [0.4, 0.5) is 0 Å². The fourth-order valence-corrected chi connectivity index (χ4v) is 4.84. The van der Waals surface area contributed by atoms with Crippen molar-refractivity contribution in [3.8, 4) is 5.69 Å². The molecule has 1 aromatic heterocycles.